The van der Waals surface area contributed by atoms with Crippen LogP contribution in [-0.4, -0.2) is 35.6 Å². The average molecular weight is 444 g/mol. The van der Waals surface area contributed by atoms with Gasteiger partial charge in [-0.1, -0.05) is 37.5 Å². The Balaban J connectivity index is 1.64. The van der Waals surface area contributed by atoms with E-state index in [1.54, 1.807) is 7.11 Å². The fourth-order valence-corrected chi connectivity index (χ4v) is 4.77. The summed E-state index contributed by atoms with van der Waals surface area (Å²) in [7, 11) is 1.63. The third kappa shape index (κ3) is 4.13. The third-order valence-electron chi connectivity index (χ3n) is 6.41. The Morgan fingerprint density at radius 2 is 1.88 bits per heavy atom. The van der Waals surface area contributed by atoms with E-state index < -0.39 is 0 Å². The molecule has 170 valence electrons. The first-order valence-corrected chi connectivity index (χ1v) is 11.7. The topological polar surface area (TPSA) is 76.2 Å². The zero-order chi connectivity index (χ0) is 22.8. The van der Waals surface area contributed by atoms with E-state index in [0.717, 1.165) is 58.7 Å². The third-order valence-corrected chi connectivity index (χ3v) is 6.41. The van der Waals surface area contributed by atoms with Crippen LogP contribution in [0.25, 0.3) is 33.1 Å². The van der Waals surface area contributed by atoms with Crippen molar-refractivity contribution in [1.82, 2.24) is 15.3 Å². The van der Waals surface area contributed by atoms with Crippen LogP contribution in [-0.2, 0) is 0 Å². The van der Waals surface area contributed by atoms with Gasteiger partial charge in [0, 0.05) is 27.9 Å². The van der Waals surface area contributed by atoms with Gasteiger partial charge in [-0.2, -0.15) is 0 Å². The largest absolute Gasteiger partial charge is 0.493 e. The highest BCUT2D eigenvalue weighted by molar-refractivity contribution is 6.13. The summed E-state index contributed by atoms with van der Waals surface area (Å²) in [5.74, 6) is 1.20. The molecule has 6 nitrogen and oxygen atoms in total. The molecule has 0 aliphatic heterocycles. The number of aromatic nitrogens is 2. The summed E-state index contributed by atoms with van der Waals surface area (Å²) < 4.78 is 11.3. The summed E-state index contributed by atoms with van der Waals surface area (Å²) in [4.78, 5) is 21.6. The van der Waals surface area contributed by atoms with Gasteiger partial charge in [0.15, 0.2) is 11.5 Å². The Morgan fingerprint density at radius 3 is 2.67 bits per heavy atom. The van der Waals surface area contributed by atoms with E-state index in [4.69, 9.17) is 14.5 Å². The fraction of sp³-hybridized carbons (Fsp3) is 0.333. The molecule has 2 aromatic carbocycles. The first-order valence-electron chi connectivity index (χ1n) is 11.7. The minimum atomic E-state index is -0.117. The molecular weight excluding hydrogens is 414 g/mol. The molecule has 5 rings (SSSR count). The van der Waals surface area contributed by atoms with E-state index >= 15 is 0 Å². The molecule has 0 radical (unpaired) electrons. The number of pyridine rings is 1. The molecule has 1 fully saturated rings. The van der Waals surface area contributed by atoms with Gasteiger partial charge in [-0.3, -0.25) is 4.79 Å². The van der Waals surface area contributed by atoms with E-state index in [9.17, 15) is 4.79 Å². The van der Waals surface area contributed by atoms with Gasteiger partial charge in [-0.15, -0.1) is 0 Å². The molecule has 0 atom stereocenters. The second-order valence-electron chi connectivity index (χ2n) is 8.56. The highest BCUT2D eigenvalue weighted by atomic mass is 16.5. The van der Waals surface area contributed by atoms with Gasteiger partial charge in [-0.25, -0.2) is 4.98 Å². The quantitative estimate of drug-likeness (QED) is 0.392. The Bertz CT molecular complexity index is 1300. The van der Waals surface area contributed by atoms with Crippen molar-refractivity contribution in [2.24, 2.45) is 0 Å². The summed E-state index contributed by atoms with van der Waals surface area (Å²) in [6.07, 6.45) is 5.64. The van der Waals surface area contributed by atoms with Crippen LogP contribution >= 0.6 is 0 Å². The number of ether oxygens (including phenoxy) is 2. The summed E-state index contributed by atoms with van der Waals surface area (Å²) in [5, 5.41) is 5.26. The molecule has 0 saturated heterocycles. The van der Waals surface area contributed by atoms with E-state index in [2.05, 4.69) is 16.4 Å². The Hall–Kier alpha value is -3.54. The number of carbonyl (C=O) groups excluding carboxylic acids is 1. The first-order chi connectivity index (χ1) is 16.2. The monoisotopic (exact) mass is 443 g/mol. The van der Waals surface area contributed by atoms with Gasteiger partial charge >= 0.3 is 0 Å². The molecular formula is C27H29N3O3. The predicted molar refractivity (Wildman–Crippen MR) is 131 cm³/mol. The maximum absolute atomic E-state index is 13.2. The minimum absolute atomic E-state index is 0.117. The van der Waals surface area contributed by atoms with E-state index in [-0.39, 0.29) is 11.9 Å². The highest BCUT2D eigenvalue weighted by Gasteiger charge is 2.21. The molecule has 1 amide bonds. The molecule has 1 aliphatic carbocycles. The van der Waals surface area contributed by atoms with Crippen molar-refractivity contribution < 1.29 is 14.3 Å². The van der Waals surface area contributed by atoms with Gasteiger partial charge in [0.25, 0.3) is 5.91 Å². The number of hydrogen-bond donors (Lipinski definition) is 2. The van der Waals surface area contributed by atoms with Crippen LogP contribution in [0.2, 0.25) is 0 Å². The lowest BCUT2D eigenvalue weighted by molar-refractivity contribution is 0.0923. The first kappa shape index (κ1) is 21.3. The lowest BCUT2D eigenvalue weighted by Crippen LogP contribution is -2.36. The number of methoxy groups -OCH3 is 1. The SMILES string of the molecule is CCOc1ccc(-c2nc(C(=O)NC3CCCCC3)cc3c2[nH]c2ccccc23)cc1OC. The van der Waals surface area contributed by atoms with Crippen LogP contribution in [0.5, 0.6) is 11.5 Å². The molecule has 0 bridgehead atoms. The van der Waals surface area contributed by atoms with Gasteiger partial charge < -0.3 is 19.8 Å². The number of hydrogen-bond acceptors (Lipinski definition) is 4. The lowest BCUT2D eigenvalue weighted by Gasteiger charge is -2.22. The van der Waals surface area contributed by atoms with Gasteiger partial charge in [0.05, 0.1) is 24.9 Å². The van der Waals surface area contributed by atoms with Crippen molar-refractivity contribution in [3.63, 3.8) is 0 Å². The molecule has 0 spiro atoms. The zero-order valence-electron chi connectivity index (χ0n) is 19.1. The molecule has 1 saturated carbocycles. The van der Waals surface area contributed by atoms with Crippen LogP contribution in [0, 0.1) is 0 Å². The van der Waals surface area contributed by atoms with E-state index in [1.165, 1.54) is 6.42 Å². The van der Waals surface area contributed by atoms with Gasteiger partial charge in [0.2, 0.25) is 0 Å². The smallest absolute Gasteiger partial charge is 0.270 e. The van der Waals surface area contributed by atoms with Crippen LogP contribution in [0.15, 0.2) is 48.5 Å². The number of aromatic amines is 1. The second-order valence-corrected chi connectivity index (χ2v) is 8.56. The fourth-order valence-electron chi connectivity index (χ4n) is 4.77. The summed E-state index contributed by atoms with van der Waals surface area (Å²) >= 11 is 0. The molecule has 2 N–H and O–H groups in total. The van der Waals surface area contributed by atoms with Crippen LogP contribution < -0.4 is 14.8 Å². The molecule has 2 aromatic heterocycles. The minimum Gasteiger partial charge on any atom is -0.493 e. The van der Waals surface area contributed by atoms with E-state index in [1.807, 2.05) is 49.4 Å². The van der Waals surface area contributed by atoms with Crippen LogP contribution in [0.4, 0.5) is 0 Å². The second kappa shape index (κ2) is 9.14. The molecule has 1 aliphatic rings. The van der Waals surface area contributed by atoms with E-state index in [0.29, 0.717) is 23.8 Å². The maximum Gasteiger partial charge on any atom is 0.270 e. The number of nitrogens with one attached hydrogen (secondary N) is 2. The normalized spacial score (nSPS) is 14.5. The highest BCUT2D eigenvalue weighted by Crippen LogP contribution is 2.37. The Labute approximate surface area is 193 Å². The Morgan fingerprint density at radius 1 is 1.06 bits per heavy atom. The van der Waals surface area contributed by atoms with Crippen molar-refractivity contribution in [2.45, 2.75) is 45.1 Å². The number of carbonyl (C=O) groups is 1. The number of para-hydroxylation sites is 1. The molecule has 0 unspecified atom stereocenters. The van der Waals surface area contributed by atoms with Crippen molar-refractivity contribution >= 4 is 27.7 Å². The number of amides is 1. The van der Waals surface area contributed by atoms with Crippen molar-refractivity contribution in [3.8, 4) is 22.8 Å². The number of nitrogens with zero attached hydrogens (tertiary/aromatic N) is 1. The van der Waals surface area contributed by atoms with Crippen LogP contribution in [0.3, 0.4) is 0 Å². The molecule has 6 heteroatoms. The predicted octanol–water partition coefficient (Wildman–Crippen LogP) is 5.85. The number of H-pyrrole nitrogens is 1. The Kier molecular flexibility index (Phi) is 5.90. The summed E-state index contributed by atoms with van der Waals surface area (Å²) in [6.45, 7) is 2.49. The van der Waals surface area contributed by atoms with Crippen LogP contribution in [0.1, 0.15) is 49.5 Å². The lowest BCUT2D eigenvalue weighted by atomic mass is 9.95. The molecule has 33 heavy (non-hydrogen) atoms. The van der Waals surface area contributed by atoms with Gasteiger partial charge in [-0.05, 0) is 50.1 Å². The standard InChI is InChI=1S/C27H29N3O3/c1-3-33-23-14-13-17(15-24(23)32-2)25-26-20(19-11-7-8-12-21(19)29-26)16-22(30-25)27(31)28-18-9-5-4-6-10-18/h7-8,11-16,18,29H,3-6,9-10H2,1-2H3,(H,28,31). The maximum atomic E-state index is 13.2. The number of fused-ring (bicyclic) bond motifs is 3. The average Bonchev–Trinajstić information content (AvgIpc) is 3.23. The van der Waals surface area contributed by atoms with Crippen molar-refractivity contribution in [3.05, 3.63) is 54.2 Å². The summed E-state index contributed by atoms with van der Waals surface area (Å²) in [5.41, 5.74) is 3.92. The summed E-state index contributed by atoms with van der Waals surface area (Å²) in [6, 6.07) is 16.0. The van der Waals surface area contributed by atoms with Crippen molar-refractivity contribution in [1.29, 1.82) is 0 Å². The van der Waals surface area contributed by atoms with Crippen molar-refractivity contribution in [2.75, 3.05) is 13.7 Å². The number of rotatable bonds is 6. The zero-order valence-corrected chi connectivity index (χ0v) is 19.1. The number of benzene rings is 2. The molecule has 4 aromatic rings. The molecule has 2 heterocycles. The van der Waals surface area contributed by atoms with Gasteiger partial charge in [0.1, 0.15) is 5.69 Å².